The summed E-state index contributed by atoms with van der Waals surface area (Å²) in [5.41, 5.74) is 0. The maximum atomic E-state index is 11.3. The highest BCUT2D eigenvalue weighted by Crippen LogP contribution is 1.90. The summed E-state index contributed by atoms with van der Waals surface area (Å²) in [6, 6.07) is -1.25. The molecule has 0 unspecified atom stereocenters. The van der Waals surface area contributed by atoms with Crippen LogP contribution in [-0.4, -0.2) is 54.7 Å². The maximum absolute atomic E-state index is 11.3. The number of carboxylic acids is 1. The third kappa shape index (κ3) is 6.23. The van der Waals surface area contributed by atoms with E-state index in [2.05, 4.69) is 15.5 Å². The van der Waals surface area contributed by atoms with Crippen LogP contribution in [0.15, 0.2) is 0 Å². The normalized spacial score (nSPS) is 12.2. The summed E-state index contributed by atoms with van der Waals surface area (Å²) in [5, 5.41) is 13.7. The number of nitrogens with one attached hydrogen (secondary N) is 2. The van der Waals surface area contributed by atoms with Crippen LogP contribution in [0.1, 0.15) is 20.3 Å². The molecule has 0 aromatic rings. The zero-order valence-corrected chi connectivity index (χ0v) is 10.1. The van der Waals surface area contributed by atoms with Crippen molar-refractivity contribution in [2.24, 2.45) is 0 Å². The van der Waals surface area contributed by atoms with Crippen molar-refractivity contribution in [3.63, 3.8) is 0 Å². The molecule has 0 aliphatic heterocycles. The van der Waals surface area contributed by atoms with Gasteiger partial charge in [-0.3, -0.25) is 0 Å². The van der Waals surface area contributed by atoms with Crippen LogP contribution in [0.2, 0.25) is 0 Å². The number of likely N-dealkylation sites (N-methyl/N-ethyl adjacent to an activating group) is 1. The zero-order chi connectivity index (χ0) is 12.6. The first-order chi connectivity index (χ1) is 7.51. The highest BCUT2D eigenvalue weighted by atomic mass is 16.4. The van der Waals surface area contributed by atoms with Crippen LogP contribution >= 0.6 is 0 Å². The average molecular weight is 231 g/mol. The largest absolute Gasteiger partial charge is 0.480 e. The highest BCUT2D eigenvalue weighted by molar-refractivity contribution is 5.82. The summed E-state index contributed by atoms with van der Waals surface area (Å²) in [4.78, 5) is 24.0. The van der Waals surface area contributed by atoms with E-state index in [9.17, 15) is 9.59 Å². The molecular formula is C10H21N3O3. The number of carbonyl (C=O) groups excluding carboxylic acids is 1. The average Bonchev–Trinajstić information content (AvgIpc) is 2.25. The molecule has 0 fully saturated rings. The fourth-order valence-corrected chi connectivity index (χ4v) is 1.07. The third-order valence-corrected chi connectivity index (χ3v) is 2.33. The van der Waals surface area contributed by atoms with Crippen molar-refractivity contribution in [1.82, 2.24) is 15.5 Å². The van der Waals surface area contributed by atoms with E-state index >= 15 is 0 Å². The van der Waals surface area contributed by atoms with E-state index in [4.69, 9.17) is 5.11 Å². The van der Waals surface area contributed by atoms with Gasteiger partial charge in [0.05, 0.1) is 0 Å². The molecular weight excluding hydrogens is 210 g/mol. The van der Waals surface area contributed by atoms with E-state index in [1.54, 1.807) is 6.92 Å². The Morgan fingerprint density at radius 1 is 1.38 bits per heavy atom. The van der Waals surface area contributed by atoms with E-state index in [-0.39, 0.29) is 0 Å². The Labute approximate surface area is 96.0 Å². The Bertz CT molecular complexity index is 233. The number of hydrogen-bond donors (Lipinski definition) is 3. The van der Waals surface area contributed by atoms with Gasteiger partial charge in [-0.1, -0.05) is 13.8 Å². The van der Waals surface area contributed by atoms with Gasteiger partial charge in [-0.05, 0) is 20.0 Å². The van der Waals surface area contributed by atoms with Gasteiger partial charge in [0.1, 0.15) is 6.04 Å². The SMILES string of the molecule is CC[C@H](NC(=O)NCCN(C)CC)C(=O)O. The second-order valence-electron chi connectivity index (χ2n) is 3.60. The quantitative estimate of drug-likeness (QED) is 0.580. The van der Waals surface area contributed by atoms with Crippen molar-refractivity contribution in [3.8, 4) is 0 Å². The predicted molar refractivity (Wildman–Crippen MR) is 61.4 cm³/mol. The number of nitrogens with zero attached hydrogens (tertiary/aromatic N) is 1. The molecule has 1 atom stereocenters. The van der Waals surface area contributed by atoms with Gasteiger partial charge >= 0.3 is 12.0 Å². The number of urea groups is 1. The minimum Gasteiger partial charge on any atom is -0.480 e. The van der Waals surface area contributed by atoms with Gasteiger partial charge in [0, 0.05) is 13.1 Å². The fraction of sp³-hybridized carbons (Fsp3) is 0.800. The van der Waals surface area contributed by atoms with Crippen molar-refractivity contribution in [2.45, 2.75) is 26.3 Å². The van der Waals surface area contributed by atoms with Gasteiger partial charge in [-0.15, -0.1) is 0 Å². The maximum Gasteiger partial charge on any atom is 0.326 e. The van der Waals surface area contributed by atoms with Gasteiger partial charge < -0.3 is 20.6 Å². The molecule has 2 amide bonds. The molecule has 0 aliphatic rings. The Balaban J connectivity index is 3.77. The van der Waals surface area contributed by atoms with E-state index in [0.29, 0.717) is 13.0 Å². The van der Waals surface area contributed by atoms with Crippen molar-refractivity contribution in [3.05, 3.63) is 0 Å². The lowest BCUT2D eigenvalue weighted by Gasteiger charge is -2.16. The molecule has 94 valence electrons. The van der Waals surface area contributed by atoms with Gasteiger partial charge in [-0.2, -0.15) is 0 Å². The Kier molecular flexibility index (Phi) is 7.28. The molecule has 6 heteroatoms. The monoisotopic (exact) mass is 231 g/mol. The Morgan fingerprint density at radius 3 is 2.44 bits per heavy atom. The van der Waals surface area contributed by atoms with Crippen LogP contribution in [0.5, 0.6) is 0 Å². The summed E-state index contributed by atoms with van der Waals surface area (Å²) >= 11 is 0. The number of rotatable bonds is 7. The lowest BCUT2D eigenvalue weighted by Crippen LogP contribution is -2.47. The van der Waals surface area contributed by atoms with E-state index in [1.165, 1.54) is 0 Å². The third-order valence-electron chi connectivity index (χ3n) is 2.33. The second-order valence-corrected chi connectivity index (χ2v) is 3.60. The van der Waals surface area contributed by atoms with E-state index in [0.717, 1.165) is 13.1 Å². The summed E-state index contributed by atoms with van der Waals surface area (Å²) in [7, 11) is 1.95. The second kappa shape index (κ2) is 7.92. The molecule has 0 bridgehead atoms. The number of amides is 2. The lowest BCUT2D eigenvalue weighted by molar-refractivity contribution is -0.139. The minimum atomic E-state index is -1.01. The first kappa shape index (κ1) is 14.7. The van der Waals surface area contributed by atoms with Crippen LogP contribution in [0, 0.1) is 0 Å². The molecule has 0 aliphatic carbocycles. The zero-order valence-electron chi connectivity index (χ0n) is 10.1. The molecule has 0 radical (unpaired) electrons. The van der Waals surface area contributed by atoms with Gasteiger partial charge in [-0.25, -0.2) is 9.59 Å². The number of aliphatic carboxylic acids is 1. The Morgan fingerprint density at radius 2 is 2.00 bits per heavy atom. The standard InChI is InChI=1S/C10H21N3O3/c1-4-8(9(14)15)12-10(16)11-6-7-13(3)5-2/h8H,4-7H2,1-3H3,(H,14,15)(H2,11,12,16)/t8-/m0/s1. The van der Waals surface area contributed by atoms with Crippen LogP contribution in [0.25, 0.3) is 0 Å². The molecule has 0 saturated carbocycles. The van der Waals surface area contributed by atoms with Gasteiger partial charge in [0.15, 0.2) is 0 Å². The van der Waals surface area contributed by atoms with Crippen molar-refractivity contribution in [1.29, 1.82) is 0 Å². The molecule has 0 heterocycles. The fourth-order valence-electron chi connectivity index (χ4n) is 1.07. The minimum absolute atomic E-state index is 0.373. The van der Waals surface area contributed by atoms with Crippen molar-refractivity contribution in [2.75, 3.05) is 26.7 Å². The van der Waals surface area contributed by atoms with Gasteiger partial charge in [0.25, 0.3) is 0 Å². The molecule has 0 rings (SSSR count). The lowest BCUT2D eigenvalue weighted by atomic mass is 10.2. The van der Waals surface area contributed by atoms with Crippen LogP contribution < -0.4 is 10.6 Å². The number of carboxylic acid groups (broad SMARTS) is 1. The van der Waals surface area contributed by atoms with Crippen LogP contribution in [0.4, 0.5) is 4.79 Å². The van der Waals surface area contributed by atoms with E-state index < -0.39 is 18.0 Å². The van der Waals surface area contributed by atoms with Crippen molar-refractivity contribution >= 4 is 12.0 Å². The summed E-state index contributed by atoms with van der Waals surface area (Å²) < 4.78 is 0. The molecule has 0 aromatic heterocycles. The van der Waals surface area contributed by atoms with Crippen molar-refractivity contribution < 1.29 is 14.7 Å². The first-order valence-electron chi connectivity index (χ1n) is 5.46. The first-order valence-corrected chi connectivity index (χ1v) is 5.46. The highest BCUT2D eigenvalue weighted by Gasteiger charge is 2.16. The van der Waals surface area contributed by atoms with E-state index in [1.807, 2.05) is 14.0 Å². The molecule has 6 nitrogen and oxygen atoms in total. The molecule has 16 heavy (non-hydrogen) atoms. The van der Waals surface area contributed by atoms with Crippen LogP contribution in [0.3, 0.4) is 0 Å². The summed E-state index contributed by atoms with van der Waals surface area (Å²) in [6.45, 7) is 5.90. The van der Waals surface area contributed by atoms with Gasteiger partial charge in [0.2, 0.25) is 0 Å². The smallest absolute Gasteiger partial charge is 0.326 e. The number of hydrogen-bond acceptors (Lipinski definition) is 3. The summed E-state index contributed by atoms with van der Waals surface area (Å²) in [5.74, 6) is -1.01. The molecule has 3 N–H and O–H groups in total. The molecule has 0 aromatic carbocycles. The summed E-state index contributed by atoms with van der Waals surface area (Å²) in [6.07, 6.45) is 0.373. The number of carbonyl (C=O) groups is 2. The van der Waals surface area contributed by atoms with Crippen LogP contribution in [-0.2, 0) is 4.79 Å². The molecule has 0 spiro atoms. The predicted octanol–water partition coefficient (Wildman–Crippen LogP) is 0.101. The topological polar surface area (TPSA) is 81.7 Å². The molecule has 0 saturated heterocycles. The Hall–Kier alpha value is -1.30.